The van der Waals surface area contributed by atoms with Crippen molar-refractivity contribution in [3.05, 3.63) is 65.7 Å². The molecule has 22 heavy (non-hydrogen) atoms. The lowest BCUT2D eigenvalue weighted by Crippen LogP contribution is -2.42. The van der Waals surface area contributed by atoms with Crippen LogP contribution in [0.25, 0.3) is 0 Å². The molecule has 2 aromatic carbocycles. The first-order valence-electron chi connectivity index (χ1n) is 7.84. The number of rotatable bonds is 4. The third-order valence-electron chi connectivity index (χ3n) is 4.46. The molecule has 0 bridgehead atoms. The van der Waals surface area contributed by atoms with E-state index >= 15 is 0 Å². The summed E-state index contributed by atoms with van der Waals surface area (Å²) in [6.07, 6.45) is 0.672. The van der Waals surface area contributed by atoms with Crippen molar-refractivity contribution in [1.82, 2.24) is 4.90 Å². The SMILES string of the molecule is COc1ccc(C2CCN(Cc3ccccc3)CC2O)cc1. The molecule has 116 valence electrons. The first-order chi connectivity index (χ1) is 10.8. The highest BCUT2D eigenvalue weighted by molar-refractivity contribution is 5.30. The number of hydrogen-bond acceptors (Lipinski definition) is 3. The third-order valence-corrected chi connectivity index (χ3v) is 4.46. The highest BCUT2D eigenvalue weighted by atomic mass is 16.5. The first-order valence-corrected chi connectivity index (χ1v) is 7.84. The van der Waals surface area contributed by atoms with E-state index in [4.69, 9.17) is 4.74 Å². The van der Waals surface area contributed by atoms with E-state index in [9.17, 15) is 5.11 Å². The van der Waals surface area contributed by atoms with E-state index in [0.717, 1.165) is 31.8 Å². The Bertz CT molecular complexity index is 582. The van der Waals surface area contributed by atoms with Gasteiger partial charge in [0.25, 0.3) is 0 Å². The van der Waals surface area contributed by atoms with E-state index in [2.05, 4.69) is 41.3 Å². The molecule has 2 unspecified atom stereocenters. The number of methoxy groups -OCH3 is 1. The topological polar surface area (TPSA) is 32.7 Å². The Kier molecular flexibility index (Phi) is 4.76. The summed E-state index contributed by atoms with van der Waals surface area (Å²) in [5, 5.41) is 10.5. The predicted octanol–water partition coefficient (Wildman–Crippen LogP) is 3.05. The monoisotopic (exact) mass is 297 g/mol. The summed E-state index contributed by atoms with van der Waals surface area (Å²) < 4.78 is 5.20. The van der Waals surface area contributed by atoms with Crippen LogP contribution in [0.1, 0.15) is 23.5 Å². The average molecular weight is 297 g/mol. The van der Waals surface area contributed by atoms with Crippen molar-refractivity contribution in [3.8, 4) is 5.75 Å². The Labute approximate surface area is 132 Å². The smallest absolute Gasteiger partial charge is 0.118 e. The highest BCUT2D eigenvalue weighted by Crippen LogP contribution is 2.30. The van der Waals surface area contributed by atoms with Crippen molar-refractivity contribution in [2.24, 2.45) is 0 Å². The molecule has 1 fully saturated rings. The zero-order chi connectivity index (χ0) is 15.4. The maximum Gasteiger partial charge on any atom is 0.118 e. The molecular weight excluding hydrogens is 274 g/mol. The van der Waals surface area contributed by atoms with Crippen LogP contribution < -0.4 is 4.74 Å². The van der Waals surface area contributed by atoms with E-state index < -0.39 is 0 Å². The fourth-order valence-electron chi connectivity index (χ4n) is 3.22. The summed E-state index contributed by atoms with van der Waals surface area (Å²) in [6, 6.07) is 18.5. The predicted molar refractivity (Wildman–Crippen MR) is 88.1 cm³/mol. The number of benzene rings is 2. The van der Waals surface area contributed by atoms with Crippen molar-refractivity contribution in [1.29, 1.82) is 0 Å². The van der Waals surface area contributed by atoms with Crippen LogP contribution in [0.3, 0.4) is 0 Å². The number of nitrogens with zero attached hydrogens (tertiary/aromatic N) is 1. The molecule has 3 heteroatoms. The summed E-state index contributed by atoms with van der Waals surface area (Å²) in [5.41, 5.74) is 2.50. The summed E-state index contributed by atoms with van der Waals surface area (Å²) in [7, 11) is 1.67. The third kappa shape index (κ3) is 3.49. The van der Waals surface area contributed by atoms with Crippen LogP contribution in [-0.2, 0) is 6.54 Å². The van der Waals surface area contributed by atoms with E-state index in [1.807, 2.05) is 18.2 Å². The standard InChI is InChI=1S/C19H23NO2/c1-22-17-9-7-16(8-10-17)18-11-12-20(14-19(18)21)13-15-5-3-2-4-6-15/h2-10,18-19,21H,11-14H2,1H3. The lowest BCUT2D eigenvalue weighted by Gasteiger charge is -2.36. The Hall–Kier alpha value is -1.84. The van der Waals surface area contributed by atoms with Gasteiger partial charge in [-0.25, -0.2) is 0 Å². The van der Waals surface area contributed by atoms with Crippen molar-refractivity contribution in [3.63, 3.8) is 0 Å². The number of piperidine rings is 1. The number of aliphatic hydroxyl groups excluding tert-OH is 1. The number of ether oxygens (including phenoxy) is 1. The molecule has 3 nitrogen and oxygen atoms in total. The van der Waals surface area contributed by atoms with E-state index in [1.165, 1.54) is 11.1 Å². The Morgan fingerprint density at radius 3 is 2.45 bits per heavy atom. The van der Waals surface area contributed by atoms with Crippen LogP contribution in [0.5, 0.6) is 5.75 Å². The summed E-state index contributed by atoms with van der Waals surface area (Å²) in [4.78, 5) is 2.33. The second-order valence-corrected chi connectivity index (χ2v) is 5.96. The van der Waals surface area contributed by atoms with Gasteiger partial charge in [-0.2, -0.15) is 0 Å². The second kappa shape index (κ2) is 6.95. The van der Waals surface area contributed by atoms with Gasteiger partial charge in [0, 0.05) is 19.0 Å². The fraction of sp³-hybridized carbons (Fsp3) is 0.368. The normalized spacial score (nSPS) is 22.5. The van der Waals surface area contributed by atoms with Gasteiger partial charge < -0.3 is 9.84 Å². The van der Waals surface area contributed by atoms with Crippen molar-refractivity contribution >= 4 is 0 Å². The average Bonchev–Trinajstić information content (AvgIpc) is 2.56. The van der Waals surface area contributed by atoms with Gasteiger partial charge in [0.05, 0.1) is 13.2 Å². The van der Waals surface area contributed by atoms with Gasteiger partial charge in [0.15, 0.2) is 0 Å². The van der Waals surface area contributed by atoms with Gasteiger partial charge in [-0.15, -0.1) is 0 Å². The number of hydrogen-bond donors (Lipinski definition) is 1. The molecule has 2 atom stereocenters. The first kappa shape index (κ1) is 15.1. The molecule has 0 aromatic heterocycles. The Balaban J connectivity index is 1.62. The van der Waals surface area contributed by atoms with E-state index in [1.54, 1.807) is 7.11 Å². The van der Waals surface area contributed by atoms with Gasteiger partial charge in [-0.05, 0) is 36.2 Å². The number of aliphatic hydroxyl groups is 1. The van der Waals surface area contributed by atoms with E-state index in [0.29, 0.717) is 0 Å². The van der Waals surface area contributed by atoms with Gasteiger partial charge >= 0.3 is 0 Å². The molecule has 0 spiro atoms. The zero-order valence-electron chi connectivity index (χ0n) is 13.0. The van der Waals surface area contributed by atoms with E-state index in [-0.39, 0.29) is 12.0 Å². The number of β-amino-alcohol motifs (C(OH)–C–C–N with tert-alkyl or cyclic N) is 1. The lowest BCUT2D eigenvalue weighted by molar-refractivity contribution is 0.0476. The van der Waals surface area contributed by atoms with Crippen LogP contribution in [0.15, 0.2) is 54.6 Å². The van der Waals surface area contributed by atoms with Crippen LogP contribution >= 0.6 is 0 Å². The fourth-order valence-corrected chi connectivity index (χ4v) is 3.22. The van der Waals surface area contributed by atoms with Gasteiger partial charge in [0.2, 0.25) is 0 Å². The minimum atomic E-state index is -0.314. The molecular formula is C19H23NO2. The molecule has 1 aliphatic rings. The largest absolute Gasteiger partial charge is 0.497 e. The Morgan fingerprint density at radius 2 is 1.82 bits per heavy atom. The molecule has 1 aliphatic heterocycles. The minimum Gasteiger partial charge on any atom is -0.497 e. The quantitative estimate of drug-likeness (QED) is 0.941. The molecule has 1 saturated heterocycles. The summed E-state index contributed by atoms with van der Waals surface area (Å²) in [6.45, 7) is 2.65. The molecule has 0 amide bonds. The number of likely N-dealkylation sites (tertiary alicyclic amines) is 1. The summed E-state index contributed by atoms with van der Waals surface area (Å²) >= 11 is 0. The van der Waals surface area contributed by atoms with Crippen molar-refractivity contribution in [2.75, 3.05) is 20.2 Å². The van der Waals surface area contributed by atoms with Crippen LogP contribution in [0.4, 0.5) is 0 Å². The Morgan fingerprint density at radius 1 is 1.09 bits per heavy atom. The molecule has 3 rings (SSSR count). The minimum absolute atomic E-state index is 0.220. The highest BCUT2D eigenvalue weighted by Gasteiger charge is 2.28. The molecule has 0 aliphatic carbocycles. The molecule has 0 saturated carbocycles. The van der Waals surface area contributed by atoms with Crippen LogP contribution in [0.2, 0.25) is 0 Å². The van der Waals surface area contributed by atoms with Crippen LogP contribution in [0, 0.1) is 0 Å². The maximum absolute atomic E-state index is 10.5. The second-order valence-electron chi connectivity index (χ2n) is 5.96. The molecule has 2 aromatic rings. The van der Waals surface area contributed by atoms with Gasteiger partial charge in [-0.3, -0.25) is 4.90 Å². The zero-order valence-corrected chi connectivity index (χ0v) is 13.0. The lowest BCUT2D eigenvalue weighted by atomic mass is 9.87. The van der Waals surface area contributed by atoms with Crippen molar-refractivity contribution < 1.29 is 9.84 Å². The molecule has 1 heterocycles. The van der Waals surface area contributed by atoms with Gasteiger partial charge in [-0.1, -0.05) is 42.5 Å². The summed E-state index contributed by atoms with van der Waals surface area (Å²) in [5.74, 6) is 1.08. The van der Waals surface area contributed by atoms with Crippen molar-refractivity contribution in [2.45, 2.75) is 25.0 Å². The molecule has 1 N–H and O–H groups in total. The van der Waals surface area contributed by atoms with Crippen LogP contribution in [-0.4, -0.2) is 36.3 Å². The maximum atomic E-state index is 10.5. The van der Waals surface area contributed by atoms with Gasteiger partial charge in [0.1, 0.15) is 5.75 Å². The molecule has 0 radical (unpaired) electrons.